The summed E-state index contributed by atoms with van der Waals surface area (Å²) in [6.07, 6.45) is 5.44. The van der Waals surface area contributed by atoms with Gasteiger partial charge in [0, 0.05) is 19.3 Å². The Bertz CT molecular complexity index is 366. The van der Waals surface area contributed by atoms with Gasteiger partial charge in [0.1, 0.15) is 0 Å². The maximum atomic E-state index is 5.25. The lowest BCUT2D eigenvalue weighted by atomic mass is 10.0. The Morgan fingerprint density at radius 2 is 2.06 bits per heavy atom. The van der Waals surface area contributed by atoms with Gasteiger partial charge in [0.2, 0.25) is 0 Å². The summed E-state index contributed by atoms with van der Waals surface area (Å²) in [6.45, 7) is 6.30. The van der Waals surface area contributed by atoms with E-state index in [-0.39, 0.29) is 0 Å². The summed E-state index contributed by atoms with van der Waals surface area (Å²) in [6, 6.07) is 1.22. The van der Waals surface area contributed by atoms with Gasteiger partial charge in [0.05, 0.1) is 31.0 Å². The van der Waals surface area contributed by atoms with Gasteiger partial charge in [0.25, 0.3) is 0 Å². The molecule has 1 aromatic heterocycles. The molecule has 0 saturated carbocycles. The number of hydrogen-bond acceptors (Lipinski definition) is 4. The number of nitrogens with zero attached hydrogens (tertiary/aromatic N) is 4. The number of ether oxygens (including phenoxy) is 1. The molecule has 0 atom stereocenters. The van der Waals surface area contributed by atoms with Crippen LogP contribution in [0.1, 0.15) is 31.5 Å². The zero-order chi connectivity index (χ0) is 11.7. The van der Waals surface area contributed by atoms with E-state index in [0.717, 1.165) is 25.3 Å². The highest BCUT2D eigenvalue weighted by Crippen LogP contribution is 2.24. The van der Waals surface area contributed by atoms with Crippen LogP contribution in [0.25, 0.3) is 0 Å². The lowest BCUT2D eigenvalue weighted by Gasteiger charge is -2.41. The van der Waals surface area contributed by atoms with Crippen molar-refractivity contribution in [3.8, 4) is 0 Å². The second-order valence-corrected chi connectivity index (χ2v) is 5.00. The molecule has 0 bridgehead atoms. The minimum absolute atomic E-state index is 0.542. The molecule has 3 rings (SSSR count). The van der Waals surface area contributed by atoms with Crippen molar-refractivity contribution in [2.24, 2.45) is 0 Å². The molecule has 2 fully saturated rings. The standard InChI is InChI=1S/C12H20N4O/c1-2-10-7-16(14-13-10)11-3-5-15(6-4-11)12-8-17-9-12/h7,11-12H,2-6,8-9H2,1H3. The van der Waals surface area contributed by atoms with Crippen molar-refractivity contribution in [2.45, 2.75) is 38.3 Å². The van der Waals surface area contributed by atoms with E-state index in [9.17, 15) is 0 Å². The summed E-state index contributed by atoms with van der Waals surface area (Å²) >= 11 is 0. The van der Waals surface area contributed by atoms with Gasteiger partial charge >= 0.3 is 0 Å². The predicted octanol–water partition coefficient (Wildman–Crippen LogP) is 0.876. The molecule has 0 N–H and O–H groups in total. The van der Waals surface area contributed by atoms with E-state index in [1.54, 1.807) is 0 Å². The van der Waals surface area contributed by atoms with Crippen LogP contribution >= 0.6 is 0 Å². The first-order valence-electron chi connectivity index (χ1n) is 6.59. The fourth-order valence-electron chi connectivity index (χ4n) is 2.60. The van der Waals surface area contributed by atoms with Crippen molar-refractivity contribution in [1.82, 2.24) is 19.9 Å². The van der Waals surface area contributed by atoms with Gasteiger partial charge in [-0.25, -0.2) is 4.68 Å². The summed E-state index contributed by atoms with van der Waals surface area (Å²) in [7, 11) is 0. The van der Waals surface area contributed by atoms with E-state index in [0.29, 0.717) is 12.1 Å². The molecule has 3 heterocycles. The van der Waals surface area contributed by atoms with Crippen molar-refractivity contribution in [1.29, 1.82) is 0 Å². The highest BCUT2D eigenvalue weighted by Gasteiger charge is 2.30. The van der Waals surface area contributed by atoms with Crippen molar-refractivity contribution in [3.05, 3.63) is 11.9 Å². The monoisotopic (exact) mass is 236 g/mol. The Kier molecular flexibility index (Phi) is 3.11. The lowest BCUT2D eigenvalue weighted by molar-refractivity contribution is -0.0734. The minimum Gasteiger partial charge on any atom is -0.378 e. The average Bonchev–Trinajstić information content (AvgIpc) is 2.76. The quantitative estimate of drug-likeness (QED) is 0.781. The number of piperidine rings is 1. The van der Waals surface area contributed by atoms with E-state index in [2.05, 4.69) is 33.0 Å². The molecule has 2 aliphatic rings. The maximum absolute atomic E-state index is 5.25. The first-order valence-corrected chi connectivity index (χ1v) is 6.59. The Labute approximate surface area is 102 Å². The van der Waals surface area contributed by atoms with E-state index in [4.69, 9.17) is 4.74 Å². The van der Waals surface area contributed by atoms with Crippen molar-refractivity contribution < 1.29 is 4.74 Å². The van der Waals surface area contributed by atoms with E-state index >= 15 is 0 Å². The molecule has 5 nitrogen and oxygen atoms in total. The molecule has 2 saturated heterocycles. The highest BCUT2D eigenvalue weighted by atomic mass is 16.5. The van der Waals surface area contributed by atoms with Gasteiger partial charge in [-0.05, 0) is 19.3 Å². The number of aryl methyl sites for hydroxylation is 1. The Hall–Kier alpha value is -0.940. The third kappa shape index (κ3) is 2.21. The van der Waals surface area contributed by atoms with Gasteiger partial charge in [-0.2, -0.15) is 0 Å². The summed E-state index contributed by atoms with van der Waals surface area (Å²) in [5.74, 6) is 0. The van der Waals surface area contributed by atoms with Crippen LogP contribution in [0.2, 0.25) is 0 Å². The number of hydrogen-bond donors (Lipinski definition) is 0. The van der Waals surface area contributed by atoms with Gasteiger partial charge in [-0.15, -0.1) is 5.10 Å². The first-order chi connectivity index (χ1) is 8.36. The van der Waals surface area contributed by atoms with Crippen LogP contribution in [0, 0.1) is 0 Å². The van der Waals surface area contributed by atoms with Gasteiger partial charge < -0.3 is 4.74 Å². The Morgan fingerprint density at radius 3 is 2.59 bits per heavy atom. The molecule has 0 spiro atoms. The normalized spacial score (nSPS) is 23.8. The maximum Gasteiger partial charge on any atom is 0.0824 e. The van der Waals surface area contributed by atoms with Gasteiger partial charge in [-0.3, -0.25) is 4.90 Å². The van der Waals surface area contributed by atoms with Crippen molar-refractivity contribution in [2.75, 3.05) is 26.3 Å². The SMILES string of the molecule is CCc1cn(C2CCN(C3COC3)CC2)nn1. The largest absolute Gasteiger partial charge is 0.378 e. The smallest absolute Gasteiger partial charge is 0.0824 e. The van der Waals surface area contributed by atoms with E-state index in [1.807, 2.05) is 0 Å². The number of aromatic nitrogens is 3. The Balaban J connectivity index is 1.56. The van der Waals surface area contributed by atoms with Crippen LogP contribution in [0.5, 0.6) is 0 Å². The van der Waals surface area contributed by atoms with Crippen molar-refractivity contribution in [3.63, 3.8) is 0 Å². The molecule has 0 unspecified atom stereocenters. The average molecular weight is 236 g/mol. The highest BCUT2D eigenvalue weighted by molar-refractivity contribution is 4.93. The molecule has 0 aromatic carbocycles. The summed E-state index contributed by atoms with van der Waals surface area (Å²) < 4.78 is 7.31. The summed E-state index contributed by atoms with van der Waals surface area (Å²) in [5.41, 5.74) is 1.10. The van der Waals surface area contributed by atoms with Crippen LogP contribution < -0.4 is 0 Å². The second kappa shape index (κ2) is 4.74. The zero-order valence-electron chi connectivity index (χ0n) is 10.4. The lowest BCUT2D eigenvalue weighted by Crippen LogP contribution is -2.51. The third-order valence-electron chi connectivity index (χ3n) is 3.93. The van der Waals surface area contributed by atoms with E-state index < -0.39 is 0 Å². The molecule has 2 aliphatic heterocycles. The van der Waals surface area contributed by atoms with Crippen LogP contribution in [0.15, 0.2) is 6.20 Å². The molecule has 5 heteroatoms. The molecule has 0 amide bonds. The fourth-order valence-corrected chi connectivity index (χ4v) is 2.60. The number of rotatable bonds is 3. The van der Waals surface area contributed by atoms with Gasteiger partial charge in [-0.1, -0.05) is 12.1 Å². The van der Waals surface area contributed by atoms with Crippen LogP contribution in [-0.2, 0) is 11.2 Å². The molecule has 0 radical (unpaired) electrons. The summed E-state index contributed by atoms with van der Waals surface area (Å²) in [4.78, 5) is 2.55. The topological polar surface area (TPSA) is 43.2 Å². The Morgan fingerprint density at radius 1 is 1.29 bits per heavy atom. The van der Waals surface area contributed by atoms with Crippen molar-refractivity contribution >= 4 is 0 Å². The molecule has 1 aromatic rings. The molecule has 0 aliphatic carbocycles. The first kappa shape index (κ1) is 11.2. The molecular weight excluding hydrogens is 216 g/mol. The summed E-state index contributed by atoms with van der Waals surface area (Å²) in [5, 5.41) is 8.41. The van der Waals surface area contributed by atoms with E-state index in [1.165, 1.54) is 25.9 Å². The fraction of sp³-hybridized carbons (Fsp3) is 0.833. The minimum atomic E-state index is 0.542. The van der Waals surface area contributed by atoms with Crippen LogP contribution in [0.4, 0.5) is 0 Å². The number of likely N-dealkylation sites (tertiary alicyclic amines) is 1. The third-order valence-corrected chi connectivity index (χ3v) is 3.93. The molecule has 94 valence electrons. The predicted molar refractivity (Wildman–Crippen MR) is 63.9 cm³/mol. The molecular formula is C12H20N4O. The van der Waals surface area contributed by atoms with Crippen LogP contribution in [-0.4, -0.2) is 52.2 Å². The van der Waals surface area contributed by atoms with Crippen LogP contribution in [0.3, 0.4) is 0 Å². The zero-order valence-corrected chi connectivity index (χ0v) is 10.4. The molecule has 17 heavy (non-hydrogen) atoms. The second-order valence-electron chi connectivity index (χ2n) is 5.00. The van der Waals surface area contributed by atoms with Gasteiger partial charge in [0.15, 0.2) is 0 Å².